The summed E-state index contributed by atoms with van der Waals surface area (Å²) in [5, 5.41) is 25.4. The van der Waals surface area contributed by atoms with Crippen LogP contribution in [0.3, 0.4) is 0 Å². The molecule has 0 radical (unpaired) electrons. The number of carboxylic acid groups (broad SMARTS) is 1. The SMILES string of the molecule is N#Cc1c(-c2ccccc2)csc1NC(=O)C(Sc1cccc(NC(=O)c2c(Cl)c(Cl)c(Cl)c(Cl)c2C(=O)O)c1)c1ccccc1. The van der Waals surface area contributed by atoms with Crippen LogP contribution in [-0.4, -0.2) is 22.9 Å². The number of nitriles is 1. The molecule has 1 unspecified atom stereocenters. The molecule has 5 rings (SSSR count). The van der Waals surface area contributed by atoms with Gasteiger partial charge in [-0.2, -0.15) is 5.26 Å². The van der Waals surface area contributed by atoms with Crippen molar-refractivity contribution in [3.8, 4) is 17.2 Å². The van der Waals surface area contributed by atoms with Crippen LogP contribution in [0.5, 0.6) is 0 Å². The van der Waals surface area contributed by atoms with E-state index in [0.29, 0.717) is 21.0 Å². The van der Waals surface area contributed by atoms with Crippen molar-refractivity contribution in [1.29, 1.82) is 5.26 Å². The van der Waals surface area contributed by atoms with E-state index in [1.54, 1.807) is 24.3 Å². The third kappa shape index (κ3) is 7.03. The average Bonchev–Trinajstić information content (AvgIpc) is 3.47. The zero-order valence-corrected chi connectivity index (χ0v) is 27.8. The van der Waals surface area contributed by atoms with Crippen LogP contribution in [0.25, 0.3) is 11.1 Å². The summed E-state index contributed by atoms with van der Waals surface area (Å²) in [6, 6.07) is 27.4. The average molecular weight is 727 g/mol. The maximum atomic E-state index is 13.8. The van der Waals surface area contributed by atoms with Crippen molar-refractivity contribution in [2.45, 2.75) is 10.1 Å². The Balaban J connectivity index is 1.42. The second-order valence-corrected chi connectivity index (χ2v) is 13.1. The van der Waals surface area contributed by atoms with E-state index < -0.39 is 33.3 Å². The molecule has 4 aromatic carbocycles. The first-order chi connectivity index (χ1) is 22.1. The van der Waals surface area contributed by atoms with Crippen molar-refractivity contribution >= 4 is 98.0 Å². The number of aromatic carboxylic acids is 1. The van der Waals surface area contributed by atoms with Crippen LogP contribution in [-0.2, 0) is 4.79 Å². The largest absolute Gasteiger partial charge is 0.478 e. The van der Waals surface area contributed by atoms with E-state index in [0.717, 1.165) is 11.1 Å². The zero-order valence-electron chi connectivity index (χ0n) is 23.2. The molecule has 230 valence electrons. The number of hydrogen-bond acceptors (Lipinski definition) is 6. The molecular formula is C33H19Cl4N3O4S2. The van der Waals surface area contributed by atoms with Gasteiger partial charge in [0.2, 0.25) is 5.91 Å². The molecule has 0 fully saturated rings. The Morgan fingerprint density at radius 3 is 2.07 bits per heavy atom. The van der Waals surface area contributed by atoms with Crippen LogP contribution >= 0.6 is 69.5 Å². The molecule has 0 spiro atoms. The van der Waals surface area contributed by atoms with E-state index >= 15 is 0 Å². The number of nitrogens with one attached hydrogen (secondary N) is 2. The predicted molar refractivity (Wildman–Crippen MR) is 186 cm³/mol. The number of halogens is 4. The first kappa shape index (κ1) is 33.4. The number of amides is 2. The molecule has 1 atom stereocenters. The third-order valence-corrected chi connectivity index (χ3v) is 10.6. The van der Waals surface area contributed by atoms with Crippen molar-refractivity contribution in [1.82, 2.24) is 0 Å². The Kier molecular flexibility index (Phi) is 10.6. The third-order valence-electron chi connectivity index (χ3n) is 6.62. The smallest absolute Gasteiger partial charge is 0.338 e. The monoisotopic (exact) mass is 725 g/mol. The quantitative estimate of drug-likeness (QED) is 0.0790. The molecule has 1 aromatic heterocycles. The van der Waals surface area contributed by atoms with Crippen molar-refractivity contribution < 1.29 is 19.5 Å². The van der Waals surface area contributed by atoms with Crippen molar-refractivity contribution in [3.05, 3.63) is 133 Å². The predicted octanol–water partition coefficient (Wildman–Crippen LogP) is 10.3. The summed E-state index contributed by atoms with van der Waals surface area (Å²) in [5.74, 6) is -2.75. The summed E-state index contributed by atoms with van der Waals surface area (Å²) in [6.07, 6.45) is 0. The zero-order chi connectivity index (χ0) is 33.0. The van der Waals surface area contributed by atoms with Crippen molar-refractivity contribution in [2.24, 2.45) is 0 Å². The summed E-state index contributed by atoms with van der Waals surface area (Å²) >= 11 is 27.0. The number of nitrogens with zero attached hydrogens (tertiary/aromatic N) is 1. The fourth-order valence-corrected chi connectivity index (χ4v) is 7.52. The molecule has 0 aliphatic heterocycles. The Hall–Kier alpha value is -4.01. The molecule has 0 bridgehead atoms. The van der Waals surface area contributed by atoms with E-state index in [4.69, 9.17) is 46.4 Å². The van der Waals surface area contributed by atoms with Gasteiger partial charge < -0.3 is 15.7 Å². The molecule has 7 nitrogen and oxygen atoms in total. The van der Waals surface area contributed by atoms with E-state index in [2.05, 4.69) is 16.7 Å². The first-order valence-corrected chi connectivity index (χ1v) is 16.5. The molecule has 2 amide bonds. The minimum Gasteiger partial charge on any atom is -0.478 e. The standard InChI is InChI=1S/C33H19Cl4N3O4S2/c34-25-23(24(33(43)44)26(35)28(37)27(25)36)30(41)39-19-12-7-13-20(14-19)46-29(18-10-5-2-6-11-18)31(42)40-32-21(15-38)22(16-45-32)17-8-3-1-4-9-17/h1-14,16,29H,(H,39,41)(H,40,42)(H,43,44). The van der Waals surface area contributed by atoms with Gasteiger partial charge in [-0.1, -0.05) is 113 Å². The lowest BCUT2D eigenvalue weighted by Gasteiger charge is -2.18. The van der Waals surface area contributed by atoms with Gasteiger partial charge in [0.1, 0.15) is 16.3 Å². The number of hydrogen-bond donors (Lipinski definition) is 3. The number of carbonyl (C=O) groups excluding carboxylic acids is 2. The number of rotatable bonds is 9. The van der Waals surface area contributed by atoms with E-state index in [9.17, 15) is 24.8 Å². The molecule has 3 N–H and O–H groups in total. The minimum atomic E-state index is -1.52. The molecule has 1 heterocycles. The first-order valence-electron chi connectivity index (χ1n) is 13.2. The summed E-state index contributed by atoms with van der Waals surface area (Å²) in [7, 11) is 0. The van der Waals surface area contributed by atoms with Gasteiger partial charge in [-0.05, 0) is 29.3 Å². The molecule has 0 aliphatic carbocycles. The summed E-state index contributed by atoms with van der Waals surface area (Å²) in [4.78, 5) is 39.6. The number of thiophene rings is 1. The number of carboxylic acids is 1. The molecule has 0 saturated carbocycles. The molecule has 5 aromatic rings. The number of benzene rings is 4. The van der Waals surface area contributed by atoms with Gasteiger partial charge >= 0.3 is 5.97 Å². The van der Waals surface area contributed by atoms with Crippen LogP contribution in [0.15, 0.2) is 95.2 Å². The lowest BCUT2D eigenvalue weighted by molar-refractivity contribution is -0.115. The van der Waals surface area contributed by atoms with E-state index in [1.165, 1.54) is 23.1 Å². The molecule has 46 heavy (non-hydrogen) atoms. The highest BCUT2D eigenvalue weighted by Gasteiger charge is 2.29. The van der Waals surface area contributed by atoms with Gasteiger partial charge in [-0.25, -0.2) is 4.79 Å². The maximum absolute atomic E-state index is 13.8. The fraction of sp³-hybridized carbons (Fsp3) is 0.0303. The van der Waals surface area contributed by atoms with Crippen LogP contribution in [0.2, 0.25) is 20.1 Å². The number of thioether (sulfide) groups is 1. The molecule has 0 aliphatic rings. The van der Waals surface area contributed by atoms with Crippen molar-refractivity contribution in [3.63, 3.8) is 0 Å². The van der Waals surface area contributed by atoms with Crippen LogP contribution in [0.1, 0.15) is 37.1 Å². The van der Waals surface area contributed by atoms with Crippen LogP contribution in [0, 0.1) is 11.3 Å². The number of carbonyl (C=O) groups is 3. The minimum absolute atomic E-state index is 0.259. The van der Waals surface area contributed by atoms with E-state index in [1.807, 2.05) is 66.0 Å². The summed E-state index contributed by atoms with van der Waals surface area (Å²) in [6.45, 7) is 0. The second-order valence-electron chi connectivity index (χ2n) is 9.52. The Morgan fingerprint density at radius 1 is 0.804 bits per heavy atom. The molecule has 13 heteroatoms. The summed E-state index contributed by atoms with van der Waals surface area (Å²) < 4.78 is 0. The lowest BCUT2D eigenvalue weighted by Crippen LogP contribution is -2.19. The number of anilines is 2. The van der Waals surface area contributed by atoms with Gasteiger partial charge in [0.25, 0.3) is 5.91 Å². The van der Waals surface area contributed by atoms with Gasteiger partial charge in [0.05, 0.1) is 36.8 Å². The van der Waals surface area contributed by atoms with Gasteiger partial charge in [0.15, 0.2) is 0 Å². The Labute approximate surface area is 291 Å². The normalized spacial score (nSPS) is 11.4. The van der Waals surface area contributed by atoms with E-state index in [-0.39, 0.29) is 26.7 Å². The van der Waals surface area contributed by atoms with Gasteiger partial charge in [0, 0.05) is 21.5 Å². The fourth-order valence-electron chi connectivity index (χ4n) is 4.49. The molecular weight excluding hydrogens is 708 g/mol. The van der Waals surface area contributed by atoms with Gasteiger partial charge in [-0.15, -0.1) is 23.1 Å². The lowest BCUT2D eigenvalue weighted by atomic mass is 10.1. The second kappa shape index (κ2) is 14.6. The van der Waals surface area contributed by atoms with Gasteiger partial charge in [-0.3, -0.25) is 9.59 Å². The Bertz CT molecular complexity index is 2020. The molecule has 0 saturated heterocycles. The Morgan fingerprint density at radius 2 is 1.43 bits per heavy atom. The van der Waals surface area contributed by atoms with Crippen LogP contribution in [0.4, 0.5) is 10.7 Å². The summed E-state index contributed by atoms with van der Waals surface area (Å²) in [5.41, 5.74) is 1.91. The topological polar surface area (TPSA) is 119 Å². The highest BCUT2D eigenvalue weighted by molar-refractivity contribution is 8.00. The highest BCUT2D eigenvalue weighted by atomic mass is 35.5. The van der Waals surface area contributed by atoms with Crippen molar-refractivity contribution in [2.75, 3.05) is 10.6 Å². The highest BCUT2D eigenvalue weighted by Crippen LogP contribution is 2.43. The maximum Gasteiger partial charge on any atom is 0.338 e. The van der Waals surface area contributed by atoms with Crippen LogP contribution < -0.4 is 10.6 Å².